The van der Waals surface area contributed by atoms with E-state index in [0.29, 0.717) is 22.5 Å². The number of benzene rings is 2. The summed E-state index contributed by atoms with van der Waals surface area (Å²) in [5.41, 5.74) is 13.6. The highest BCUT2D eigenvalue weighted by Gasteiger charge is 2.02. The molecule has 0 aliphatic carbocycles. The lowest BCUT2D eigenvalue weighted by atomic mass is 10.1. The van der Waals surface area contributed by atoms with Gasteiger partial charge in [0.2, 0.25) is 0 Å². The maximum Gasteiger partial charge on any atom is 0.122 e. The molecule has 0 aromatic heterocycles. The number of nitrogens with two attached hydrogens (primary N) is 2. The summed E-state index contributed by atoms with van der Waals surface area (Å²) in [5, 5.41) is 19.3. The highest BCUT2D eigenvalue weighted by Crippen LogP contribution is 2.21. The van der Waals surface area contributed by atoms with Crippen LogP contribution in [0.3, 0.4) is 0 Å². The van der Waals surface area contributed by atoms with Gasteiger partial charge in [0.05, 0.1) is 11.4 Å². The predicted octanol–water partition coefficient (Wildman–Crippen LogP) is 2.40. The summed E-state index contributed by atoms with van der Waals surface area (Å²) in [4.78, 5) is 0. The van der Waals surface area contributed by atoms with E-state index in [1.54, 1.807) is 60.7 Å². The molecule has 102 valence electrons. The van der Waals surface area contributed by atoms with Crippen LogP contribution in [-0.4, -0.2) is 10.2 Å². The second-order valence-electron chi connectivity index (χ2n) is 4.32. The van der Waals surface area contributed by atoms with Gasteiger partial charge in [-0.25, -0.2) is 0 Å². The van der Waals surface area contributed by atoms with Gasteiger partial charge in [-0.05, 0) is 24.3 Å². The van der Waals surface area contributed by atoms with E-state index in [0.717, 1.165) is 0 Å². The lowest BCUT2D eigenvalue weighted by Gasteiger charge is -2.05. The van der Waals surface area contributed by atoms with Gasteiger partial charge in [-0.1, -0.05) is 36.4 Å². The molecule has 0 saturated carbocycles. The number of rotatable bonds is 3. The normalized spacial score (nSPS) is 12.4. The van der Waals surface area contributed by atoms with Crippen molar-refractivity contribution in [2.24, 2.45) is 11.5 Å². The SMILES string of the molecule is NC(=C\c1ccccc1O)/C(N)=C/c1ccccc1O. The Morgan fingerprint density at radius 1 is 0.700 bits per heavy atom. The van der Waals surface area contributed by atoms with Crippen LogP contribution in [0.2, 0.25) is 0 Å². The highest BCUT2D eigenvalue weighted by atomic mass is 16.3. The van der Waals surface area contributed by atoms with Gasteiger partial charge in [0.1, 0.15) is 11.5 Å². The van der Waals surface area contributed by atoms with Crippen LogP contribution in [-0.2, 0) is 0 Å². The van der Waals surface area contributed by atoms with Crippen molar-refractivity contribution in [3.63, 3.8) is 0 Å². The average molecular weight is 268 g/mol. The molecule has 4 heteroatoms. The largest absolute Gasteiger partial charge is 0.507 e. The first-order valence-electron chi connectivity index (χ1n) is 6.08. The standard InChI is InChI=1S/C16H16N2O2/c17-13(9-11-5-1-3-7-15(11)19)14(18)10-12-6-2-4-8-16(12)20/h1-10,19-20H,17-18H2/b13-9-,14-10-. The molecule has 6 N–H and O–H groups in total. The fourth-order valence-electron chi connectivity index (χ4n) is 1.72. The fourth-order valence-corrected chi connectivity index (χ4v) is 1.72. The second-order valence-corrected chi connectivity index (χ2v) is 4.32. The molecule has 0 bridgehead atoms. The van der Waals surface area contributed by atoms with Crippen molar-refractivity contribution in [1.29, 1.82) is 0 Å². The van der Waals surface area contributed by atoms with Crippen LogP contribution in [0.15, 0.2) is 59.9 Å². The summed E-state index contributed by atoms with van der Waals surface area (Å²) in [7, 11) is 0. The van der Waals surface area contributed by atoms with Gasteiger partial charge in [-0.3, -0.25) is 0 Å². The van der Waals surface area contributed by atoms with Crippen LogP contribution in [0, 0.1) is 0 Å². The first-order valence-corrected chi connectivity index (χ1v) is 6.08. The van der Waals surface area contributed by atoms with E-state index in [1.165, 1.54) is 0 Å². The summed E-state index contributed by atoms with van der Waals surface area (Å²) in [6, 6.07) is 13.6. The molecule has 2 rings (SSSR count). The van der Waals surface area contributed by atoms with Gasteiger partial charge >= 0.3 is 0 Å². The van der Waals surface area contributed by atoms with Crippen LogP contribution in [0.4, 0.5) is 0 Å². The Morgan fingerprint density at radius 2 is 1.05 bits per heavy atom. The number of para-hydroxylation sites is 2. The molecular weight excluding hydrogens is 252 g/mol. The number of phenolic OH excluding ortho intramolecular Hbond substituents is 2. The fraction of sp³-hybridized carbons (Fsp3) is 0. The number of hydrogen-bond acceptors (Lipinski definition) is 4. The molecule has 0 unspecified atom stereocenters. The van der Waals surface area contributed by atoms with Crippen molar-refractivity contribution >= 4 is 12.2 Å². The van der Waals surface area contributed by atoms with Crippen molar-refractivity contribution in [3.8, 4) is 11.5 Å². The van der Waals surface area contributed by atoms with Crippen LogP contribution < -0.4 is 11.5 Å². The topological polar surface area (TPSA) is 92.5 Å². The molecule has 0 radical (unpaired) electrons. The highest BCUT2D eigenvalue weighted by molar-refractivity contribution is 5.68. The molecular formula is C16H16N2O2. The quantitative estimate of drug-likeness (QED) is 0.643. The van der Waals surface area contributed by atoms with E-state index in [1.807, 2.05) is 0 Å². The molecule has 2 aromatic carbocycles. The Labute approximate surface area is 117 Å². The van der Waals surface area contributed by atoms with E-state index >= 15 is 0 Å². The van der Waals surface area contributed by atoms with Gasteiger partial charge in [0.15, 0.2) is 0 Å². The number of hydrogen-bond donors (Lipinski definition) is 4. The molecule has 0 atom stereocenters. The summed E-state index contributed by atoms with van der Waals surface area (Å²) in [6.07, 6.45) is 3.17. The maximum absolute atomic E-state index is 9.67. The van der Waals surface area contributed by atoms with Gasteiger partial charge in [0.25, 0.3) is 0 Å². The molecule has 0 amide bonds. The molecule has 0 heterocycles. The third-order valence-corrected chi connectivity index (χ3v) is 2.83. The minimum Gasteiger partial charge on any atom is -0.507 e. The molecule has 20 heavy (non-hydrogen) atoms. The van der Waals surface area contributed by atoms with Crippen molar-refractivity contribution in [2.75, 3.05) is 0 Å². The smallest absolute Gasteiger partial charge is 0.122 e. The van der Waals surface area contributed by atoms with Crippen LogP contribution in [0.1, 0.15) is 11.1 Å². The number of aromatic hydroxyl groups is 2. The molecule has 4 nitrogen and oxygen atoms in total. The van der Waals surface area contributed by atoms with Crippen LogP contribution >= 0.6 is 0 Å². The summed E-state index contributed by atoms with van der Waals surface area (Å²) < 4.78 is 0. The number of phenols is 2. The lowest BCUT2D eigenvalue weighted by molar-refractivity contribution is 0.473. The van der Waals surface area contributed by atoms with Crippen molar-refractivity contribution in [2.45, 2.75) is 0 Å². The van der Waals surface area contributed by atoms with Crippen LogP contribution in [0.25, 0.3) is 12.2 Å². The third-order valence-electron chi connectivity index (χ3n) is 2.83. The zero-order chi connectivity index (χ0) is 14.5. The zero-order valence-corrected chi connectivity index (χ0v) is 10.8. The first kappa shape index (κ1) is 13.5. The van der Waals surface area contributed by atoms with Crippen molar-refractivity contribution in [3.05, 3.63) is 71.1 Å². The van der Waals surface area contributed by atoms with Crippen molar-refractivity contribution < 1.29 is 10.2 Å². The Hall–Kier alpha value is -2.88. The lowest BCUT2D eigenvalue weighted by Crippen LogP contribution is -2.08. The molecule has 2 aromatic rings. The summed E-state index contributed by atoms with van der Waals surface area (Å²) in [6.45, 7) is 0. The molecule has 0 saturated heterocycles. The molecule has 0 aliphatic rings. The second kappa shape index (κ2) is 5.84. The van der Waals surface area contributed by atoms with E-state index in [-0.39, 0.29) is 11.5 Å². The maximum atomic E-state index is 9.67. The van der Waals surface area contributed by atoms with Crippen molar-refractivity contribution in [1.82, 2.24) is 0 Å². The average Bonchev–Trinajstić information content (AvgIpc) is 2.43. The monoisotopic (exact) mass is 268 g/mol. The Kier molecular flexibility index (Phi) is 3.96. The Morgan fingerprint density at radius 3 is 1.40 bits per heavy atom. The van der Waals surface area contributed by atoms with E-state index in [9.17, 15) is 10.2 Å². The van der Waals surface area contributed by atoms with Gasteiger partial charge in [0, 0.05) is 11.1 Å². The van der Waals surface area contributed by atoms with E-state index in [4.69, 9.17) is 11.5 Å². The Bertz CT molecular complexity index is 616. The van der Waals surface area contributed by atoms with E-state index in [2.05, 4.69) is 0 Å². The van der Waals surface area contributed by atoms with Crippen LogP contribution in [0.5, 0.6) is 11.5 Å². The van der Waals surface area contributed by atoms with Gasteiger partial charge < -0.3 is 21.7 Å². The summed E-state index contributed by atoms with van der Waals surface area (Å²) in [5.74, 6) is 0.261. The third kappa shape index (κ3) is 3.11. The minimum atomic E-state index is 0.130. The molecule has 0 spiro atoms. The zero-order valence-electron chi connectivity index (χ0n) is 10.8. The molecule has 0 aliphatic heterocycles. The first-order chi connectivity index (χ1) is 9.58. The minimum absolute atomic E-state index is 0.130. The predicted molar refractivity (Wildman–Crippen MR) is 80.5 cm³/mol. The van der Waals surface area contributed by atoms with Gasteiger partial charge in [-0.15, -0.1) is 0 Å². The Balaban J connectivity index is 2.32. The van der Waals surface area contributed by atoms with Gasteiger partial charge in [-0.2, -0.15) is 0 Å². The summed E-state index contributed by atoms with van der Waals surface area (Å²) >= 11 is 0. The molecule has 0 fully saturated rings. The van der Waals surface area contributed by atoms with E-state index < -0.39 is 0 Å².